The van der Waals surface area contributed by atoms with Gasteiger partial charge in [-0.05, 0) is 64.1 Å². The summed E-state index contributed by atoms with van der Waals surface area (Å²) in [5.41, 5.74) is 3.98. The van der Waals surface area contributed by atoms with Crippen molar-refractivity contribution in [3.05, 3.63) is 124 Å². The lowest BCUT2D eigenvalue weighted by atomic mass is 9.86. The van der Waals surface area contributed by atoms with E-state index in [2.05, 4.69) is 31.4 Å². The average Bonchev–Trinajstić information content (AvgIpc) is 2.94. The van der Waals surface area contributed by atoms with Gasteiger partial charge in [0.2, 0.25) is 0 Å². The van der Waals surface area contributed by atoms with Crippen LogP contribution >= 0.6 is 11.6 Å². The first-order chi connectivity index (χ1) is 19.4. The zero-order valence-electron chi connectivity index (χ0n) is 22.9. The molecule has 1 atom stereocenters. The van der Waals surface area contributed by atoms with Gasteiger partial charge in [-0.2, -0.15) is 0 Å². The maximum atomic E-state index is 13.6. The lowest BCUT2D eigenvalue weighted by Gasteiger charge is -2.20. The molecule has 4 rings (SSSR count). The molecule has 0 aromatic heterocycles. The van der Waals surface area contributed by atoms with Crippen LogP contribution in [0.25, 0.3) is 11.1 Å². The van der Waals surface area contributed by atoms with Crippen LogP contribution < -0.4 is 10.6 Å². The van der Waals surface area contributed by atoms with Gasteiger partial charge >= 0.3 is 5.97 Å². The first kappa shape index (κ1) is 29.5. The predicted octanol–water partition coefficient (Wildman–Crippen LogP) is 7.64. The van der Waals surface area contributed by atoms with Crippen LogP contribution in [-0.2, 0) is 10.2 Å². The van der Waals surface area contributed by atoms with Crippen LogP contribution in [-0.4, -0.2) is 22.9 Å². The van der Waals surface area contributed by atoms with Crippen molar-refractivity contribution in [2.45, 2.75) is 38.6 Å². The van der Waals surface area contributed by atoms with Crippen molar-refractivity contribution in [2.75, 3.05) is 5.32 Å². The molecule has 0 radical (unpaired) electrons. The van der Waals surface area contributed by atoms with E-state index in [4.69, 9.17) is 11.6 Å². The smallest absolute Gasteiger partial charge is 0.305 e. The van der Waals surface area contributed by atoms with Gasteiger partial charge in [-0.1, -0.05) is 87.0 Å². The molecule has 4 aromatic rings. The number of amides is 2. The Morgan fingerprint density at radius 1 is 0.854 bits per heavy atom. The largest absolute Gasteiger partial charge is 0.481 e. The highest BCUT2D eigenvalue weighted by Crippen LogP contribution is 2.28. The van der Waals surface area contributed by atoms with Crippen molar-refractivity contribution in [1.29, 1.82) is 0 Å². The second-order valence-electron chi connectivity index (χ2n) is 10.7. The van der Waals surface area contributed by atoms with E-state index < -0.39 is 23.7 Å². The number of carboxylic acids is 1. The highest BCUT2D eigenvalue weighted by atomic mass is 35.5. The number of para-hydroxylation sites is 1. The molecular formula is C33H30ClFN2O4. The summed E-state index contributed by atoms with van der Waals surface area (Å²) in [7, 11) is 0. The number of aliphatic carboxylic acids is 1. The summed E-state index contributed by atoms with van der Waals surface area (Å²) >= 11 is 5.91. The van der Waals surface area contributed by atoms with E-state index in [-0.39, 0.29) is 28.3 Å². The van der Waals surface area contributed by atoms with E-state index in [0.717, 1.165) is 11.1 Å². The number of halogens is 2. The standard InChI is InChI=1S/C33H30ClFN2O4/c1-33(2,3)24-15-12-22(13-16-24)31(40)36-28-7-5-4-6-25(28)32(41)37-29(19-30(38)39)21-10-8-20(9-11-21)23-14-17-27(35)26(34)18-23/h4-18,29H,19H2,1-3H3,(H,36,40)(H,37,41)(H,38,39). The number of carbonyl (C=O) groups excluding carboxylic acids is 2. The number of hydrogen-bond acceptors (Lipinski definition) is 3. The van der Waals surface area contributed by atoms with E-state index in [9.17, 15) is 23.9 Å². The van der Waals surface area contributed by atoms with Crippen LogP contribution in [0, 0.1) is 5.82 Å². The van der Waals surface area contributed by atoms with E-state index in [1.54, 1.807) is 66.7 Å². The zero-order valence-corrected chi connectivity index (χ0v) is 23.6. The normalized spacial score (nSPS) is 11.9. The van der Waals surface area contributed by atoms with Crippen molar-refractivity contribution < 1.29 is 23.9 Å². The second kappa shape index (κ2) is 12.4. The fourth-order valence-corrected chi connectivity index (χ4v) is 4.53. The molecule has 0 saturated carbocycles. The van der Waals surface area contributed by atoms with Gasteiger partial charge in [0, 0.05) is 5.56 Å². The van der Waals surface area contributed by atoms with Crippen LogP contribution in [0.15, 0.2) is 91.0 Å². The Labute approximate surface area is 243 Å². The van der Waals surface area contributed by atoms with Gasteiger partial charge in [0.25, 0.3) is 11.8 Å². The minimum absolute atomic E-state index is 0.00438. The minimum atomic E-state index is -1.09. The van der Waals surface area contributed by atoms with E-state index in [0.29, 0.717) is 22.4 Å². The molecule has 4 aromatic carbocycles. The number of benzene rings is 4. The predicted molar refractivity (Wildman–Crippen MR) is 159 cm³/mol. The van der Waals surface area contributed by atoms with Crippen LogP contribution in [0.3, 0.4) is 0 Å². The quantitative estimate of drug-likeness (QED) is 0.202. The summed E-state index contributed by atoms with van der Waals surface area (Å²) in [5.74, 6) is -2.52. The second-order valence-corrected chi connectivity index (χ2v) is 11.1. The molecule has 0 saturated heterocycles. The Morgan fingerprint density at radius 3 is 2.10 bits per heavy atom. The molecule has 6 nitrogen and oxygen atoms in total. The summed E-state index contributed by atoms with van der Waals surface area (Å²) in [6, 6.07) is 24.3. The maximum absolute atomic E-state index is 13.6. The summed E-state index contributed by atoms with van der Waals surface area (Å²) in [4.78, 5) is 38.0. The lowest BCUT2D eigenvalue weighted by Crippen LogP contribution is -2.31. The SMILES string of the molecule is CC(C)(C)c1ccc(C(=O)Nc2ccccc2C(=O)NC(CC(=O)O)c2ccc(-c3ccc(F)c(Cl)c3)cc2)cc1. The minimum Gasteiger partial charge on any atom is -0.481 e. The summed E-state index contributed by atoms with van der Waals surface area (Å²) in [6.45, 7) is 6.26. The van der Waals surface area contributed by atoms with Crippen LogP contribution in [0.1, 0.15) is 65.1 Å². The molecule has 2 amide bonds. The van der Waals surface area contributed by atoms with Crippen molar-refractivity contribution in [2.24, 2.45) is 0 Å². The number of carbonyl (C=O) groups is 3. The molecule has 41 heavy (non-hydrogen) atoms. The van der Waals surface area contributed by atoms with Crippen molar-refractivity contribution >= 4 is 35.1 Å². The van der Waals surface area contributed by atoms with Crippen molar-refractivity contribution in [3.63, 3.8) is 0 Å². The summed E-state index contributed by atoms with van der Waals surface area (Å²) < 4.78 is 13.6. The Hall–Kier alpha value is -4.49. The van der Waals surface area contributed by atoms with E-state index in [1.165, 1.54) is 12.1 Å². The van der Waals surface area contributed by atoms with Crippen molar-refractivity contribution in [3.8, 4) is 11.1 Å². The third kappa shape index (κ3) is 7.38. The molecule has 1 unspecified atom stereocenters. The molecule has 0 spiro atoms. The topological polar surface area (TPSA) is 95.5 Å². The number of hydrogen-bond donors (Lipinski definition) is 3. The molecule has 0 aliphatic rings. The Bertz CT molecular complexity index is 1580. The zero-order chi connectivity index (χ0) is 29.7. The third-order valence-corrected chi connectivity index (χ3v) is 6.97. The van der Waals surface area contributed by atoms with Gasteiger partial charge in [-0.25, -0.2) is 4.39 Å². The summed E-state index contributed by atoms with van der Waals surface area (Å²) in [5, 5.41) is 15.1. The van der Waals surface area contributed by atoms with Crippen molar-refractivity contribution in [1.82, 2.24) is 5.32 Å². The number of nitrogens with one attached hydrogen (secondary N) is 2. The molecular weight excluding hydrogens is 543 g/mol. The molecule has 0 aliphatic carbocycles. The number of carboxylic acid groups (broad SMARTS) is 1. The average molecular weight is 573 g/mol. The first-order valence-electron chi connectivity index (χ1n) is 13.0. The summed E-state index contributed by atoms with van der Waals surface area (Å²) in [6.07, 6.45) is -0.359. The van der Waals surface area contributed by atoms with Crippen LogP contribution in [0.2, 0.25) is 5.02 Å². The Balaban J connectivity index is 1.53. The Morgan fingerprint density at radius 2 is 1.49 bits per heavy atom. The number of rotatable bonds is 8. The van der Waals surface area contributed by atoms with Gasteiger partial charge < -0.3 is 15.7 Å². The van der Waals surface area contributed by atoms with Crippen LogP contribution in [0.5, 0.6) is 0 Å². The fraction of sp³-hybridized carbons (Fsp3) is 0.182. The molecule has 8 heteroatoms. The number of anilines is 1. The third-order valence-electron chi connectivity index (χ3n) is 6.68. The molecule has 0 aliphatic heterocycles. The van der Waals surface area contributed by atoms with Gasteiger partial charge in [-0.15, -0.1) is 0 Å². The maximum Gasteiger partial charge on any atom is 0.305 e. The first-order valence-corrected chi connectivity index (χ1v) is 13.4. The van der Waals surface area contributed by atoms with Gasteiger partial charge in [0.15, 0.2) is 0 Å². The van der Waals surface area contributed by atoms with E-state index >= 15 is 0 Å². The van der Waals surface area contributed by atoms with Gasteiger partial charge in [0.05, 0.1) is 28.7 Å². The van der Waals surface area contributed by atoms with Crippen LogP contribution in [0.4, 0.5) is 10.1 Å². The van der Waals surface area contributed by atoms with E-state index in [1.807, 2.05) is 12.1 Å². The molecule has 0 heterocycles. The highest BCUT2D eigenvalue weighted by molar-refractivity contribution is 6.31. The Kier molecular flexibility index (Phi) is 8.89. The monoisotopic (exact) mass is 572 g/mol. The molecule has 0 fully saturated rings. The molecule has 3 N–H and O–H groups in total. The molecule has 0 bridgehead atoms. The molecule has 210 valence electrons. The fourth-order valence-electron chi connectivity index (χ4n) is 4.35. The van der Waals surface area contributed by atoms with Gasteiger partial charge in [-0.3, -0.25) is 14.4 Å². The lowest BCUT2D eigenvalue weighted by molar-refractivity contribution is -0.137. The van der Waals surface area contributed by atoms with Gasteiger partial charge in [0.1, 0.15) is 5.82 Å². The highest BCUT2D eigenvalue weighted by Gasteiger charge is 2.22.